The number of rotatable bonds is 7. The van der Waals surface area contributed by atoms with E-state index in [0.29, 0.717) is 25.0 Å². The molecule has 0 spiro atoms. The monoisotopic (exact) mass is 434 g/mol. The summed E-state index contributed by atoms with van der Waals surface area (Å²) in [6.45, 7) is 1.17. The average Bonchev–Trinajstić information content (AvgIpc) is 2.66. The molecule has 0 aliphatic heterocycles. The van der Waals surface area contributed by atoms with Crippen LogP contribution >= 0.6 is 15.9 Å². The number of nitro groups is 1. The number of hydrogen-bond donors (Lipinski definition) is 3. The van der Waals surface area contributed by atoms with Gasteiger partial charge in [0.25, 0.3) is 0 Å². The van der Waals surface area contributed by atoms with Gasteiger partial charge in [-0.3, -0.25) is 10.1 Å². The molecule has 1 aliphatic carbocycles. The molecule has 1 aliphatic rings. The first-order valence-corrected chi connectivity index (χ1v) is 9.80. The number of benzene rings is 1. The zero-order valence-corrected chi connectivity index (χ0v) is 16.5. The van der Waals surface area contributed by atoms with E-state index in [2.05, 4.69) is 36.5 Å². The summed E-state index contributed by atoms with van der Waals surface area (Å²) < 4.78 is 0.987. The Balaban J connectivity index is 1.65. The largest absolute Gasteiger partial charge is 0.364 e. The Labute approximate surface area is 166 Å². The van der Waals surface area contributed by atoms with Gasteiger partial charge in [-0.15, -0.1) is 0 Å². The first-order chi connectivity index (χ1) is 13.0. The van der Waals surface area contributed by atoms with Crippen LogP contribution in [0.4, 0.5) is 17.5 Å². The first-order valence-electron chi connectivity index (χ1n) is 9.00. The van der Waals surface area contributed by atoms with Crippen molar-refractivity contribution >= 4 is 33.4 Å². The molecule has 3 rings (SSSR count). The third kappa shape index (κ3) is 5.61. The highest BCUT2D eigenvalue weighted by atomic mass is 79.9. The third-order valence-electron chi connectivity index (χ3n) is 4.76. The predicted octanol–water partition coefficient (Wildman–Crippen LogP) is 3.69. The number of nitrogens with one attached hydrogen (secondary N) is 2. The van der Waals surface area contributed by atoms with Crippen molar-refractivity contribution in [2.24, 2.45) is 11.7 Å². The van der Waals surface area contributed by atoms with Gasteiger partial charge in [0.05, 0.1) is 4.92 Å². The van der Waals surface area contributed by atoms with E-state index in [0.717, 1.165) is 35.7 Å². The zero-order chi connectivity index (χ0) is 19.2. The molecule has 0 unspecified atom stereocenters. The van der Waals surface area contributed by atoms with Gasteiger partial charge in [0.1, 0.15) is 6.20 Å². The van der Waals surface area contributed by atoms with E-state index in [9.17, 15) is 10.1 Å². The van der Waals surface area contributed by atoms with Crippen LogP contribution in [0, 0.1) is 16.0 Å². The van der Waals surface area contributed by atoms with E-state index in [1.807, 2.05) is 24.3 Å². The number of nitrogens with two attached hydrogens (primary N) is 1. The van der Waals surface area contributed by atoms with Crippen molar-refractivity contribution in [3.8, 4) is 0 Å². The average molecular weight is 435 g/mol. The van der Waals surface area contributed by atoms with Crippen LogP contribution in [0.15, 0.2) is 34.9 Å². The number of hydrogen-bond acceptors (Lipinski definition) is 7. The molecule has 1 fully saturated rings. The molecule has 1 aromatic heterocycles. The zero-order valence-electron chi connectivity index (χ0n) is 14.9. The standard InChI is InChI=1S/C18H23BrN6O2/c19-14-3-1-2-13(8-14)10-22-18-23-11-16(25(26)27)17(24-18)21-9-12-4-6-15(20)7-5-12/h1-3,8,11-12,15H,4-7,9-10,20H2,(H2,21,22,23,24). The van der Waals surface area contributed by atoms with Gasteiger partial charge in [-0.05, 0) is 49.3 Å². The maximum Gasteiger partial charge on any atom is 0.329 e. The second kappa shape index (κ2) is 9.09. The Kier molecular flexibility index (Phi) is 6.57. The van der Waals surface area contributed by atoms with Crippen LogP contribution in [0.1, 0.15) is 31.2 Å². The molecule has 144 valence electrons. The molecule has 9 heteroatoms. The van der Waals surface area contributed by atoms with Crippen LogP contribution in [0.5, 0.6) is 0 Å². The normalized spacial score (nSPS) is 19.5. The van der Waals surface area contributed by atoms with Crippen molar-refractivity contribution in [2.75, 3.05) is 17.2 Å². The fraction of sp³-hybridized carbons (Fsp3) is 0.444. The van der Waals surface area contributed by atoms with Crippen molar-refractivity contribution in [3.63, 3.8) is 0 Å². The third-order valence-corrected chi connectivity index (χ3v) is 5.25. The van der Waals surface area contributed by atoms with Gasteiger partial charge in [0, 0.05) is 23.6 Å². The molecular formula is C18H23BrN6O2. The molecule has 0 bridgehead atoms. The summed E-state index contributed by atoms with van der Waals surface area (Å²) >= 11 is 3.44. The second-order valence-electron chi connectivity index (χ2n) is 6.83. The highest BCUT2D eigenvalue weighted by molar-refractivity contribution is 9.10. The highest BCUT2D eigenvalue weighted by Crippen LogP contribution is 2.26. The minimum atomic E-state index is -0.461. The summed E-state index contributed by atoms with van der Waals surface area (Å²) in [5.74, 6) is 1.06. The van der Waals surface area contributed by atoms with Gasteiger partial charge in [-0.25, -0.2) is 4.98 Å². The quantitative estimate of drug-likeness (QED) is 0.448. The molecule has 0 atom stereocenters. The molecule has 2 aromatic rings. The molecule has 1 aromatic carbocycles. The van der Waals surface area contributed by atoms with E-state index in [1.54, 1.807) is 0 Å². The van der Waals surface area contributed by atoms with Gasteiger partial charge >= 0.3 is 5.69 Å². The Morgan fingerprint density at radius 2 is 2.04 bits per heavy atom. The fourth-order valence-electron chi connectivity index (χ4n) is 3.19. The second-order valence-corrected chi connectivity index (χ2v) is 7.75. The van der Waals surface area contributed by atoms with Crippen molar-refractivity contribution in [2.45, 2.75) is 38.3 Å². The minimum Gasteiger partial charge on any atom is -0.364 e. The predicted molar refractivity (Wildman–Crippen MR) is 109 cm³/mol. The van der Waals surface area contributed by atoms with Gasteiger partial charge < -0.3 is 16.4 Å². The topological polar surface area (TPSA) is 119 Å². The number of aromatic nitrogens is 2. The number of anilines is 2. The fourth-order valence-corrected chi connectivity index (χ4v) is 3.63. The van der Waals surface area contributed by atoms with Crippen LogP contribution in [0.25, 0.3) is 0 Å². The van der Waals surface area contributed by atoms with Gasteiger partial charge in [-0.1, -0.05) is 28.1 Å². The summed E-state index contributed by atoms with van der Waals surface area (Å²) in [5.41, 5.74) is 6.88. The maximum absolute atomic E-state index is 11.3. The van der Waals surface area contributed by atoms with Crippen LogP contribution in [-0.4, -0.2) is 27.5 Å². The molecule has 27 heavy (non-hydrogen) atoms. The highest BCUT2D eigenvalue weighted by Gasteiger charge is 2.21. The lowest BCUT2D eigenvalue weighted by Gasteiger charge is -2.26. The molecule has 0 radical (unpaired) electrons. The van der Waals surface area contributed by atoms with Gasteiger partial charge in [0.2, 0.25) is 11.8 Å². The molecule has 0 amide bonds. The van der Waals surface area contributed by atoms with Crippen LogP contribution in [-0.2, 0) is 6.54 Å². The van der Waals surface area contributed by atoms with Crippen molar-refractivity contribution in [3.05, 3.63) is 50.6 Å². The van der Waals surface area contributed by atoms with E-state index >= 15 is 0 Å². The summed E-state index contributed by atoms with van der Waals surface area (Å²) in [4.78, 5) is 19.2. The Morgan fingerprint density at radius 3 is 2.74 bits per heavy atom. The van der Waals surface area contributed by atoms with Crippen LogP contribution in [0.3, 0.4) is 0 Å². The van der Waals surface area contributed by atoms with Crippen molar-refractivity contribution in [1.82, 2.24) is 9.97 Å². The lowest BCUT2D eigenvalue weighted by atomic mass is 9.86. The maximum atomic E-state index is 11.3. The summed E-state index contributed by atoms with van der Waals surface area (Å²) in [6.07, 6.45) is 5.30. The summed E-state index contributed by atoms with van der Waals surface area (Å²) in [7, 11) is 0. The SMILES string of the molecule is NC1CCC(CNc2nc(NCc3cccc(Br)c3)ncc2[N+](=O)[O-])CC1. The van der Waals surface area contributed by atoms with Crippen LogP contribution < -0.4 is 16.4 Å². The van der Waals surface area contributed by atoms with Gasteiger partial charge in [-0.2, -0.15) is 4.98 Å². The summed E-state index contributed by atoms with van der Waals surface area (Å²) in [6, 6.07) is 8.15. The minimum absolute atomic E-state index is 0.115. The van der Waals surface area contributed by atoms with E-state index < -0.39 is 4.92 Å². The smallest absolute Gasteiger partial charge is 0.329 e. The molecule has 1 saturated carbocycles. The molecular weight excluding hydrogens is 412 g/mol. The van der Waals surface area contributed by atoms with E-state index in [4.69, 9.17) is 5.73 Å². The lowest BCUT2D eigenvalue weighted by Crippen LogP contribution is -2.29. The van der Waals surface area contributed by atoms with Gasteiger partial charge in [0.15, 0.2) is 0 Å². The Bertz CT molecular complexity index is 795. The van der Waals surface area contributed by atoms with Crippen LogP contribution in [0.2, 0.25) is 0 Å². The molecule has 0 saturated heterocycles. The summed E-state index contributed by atoms with van der Waals surface area (Å²) in [5, 5.41) is 17.5. The lowest BCUT2D eigenvalue weighted by molar-refractivity contribution is -0.384. The van der Waals surface area contributed by atoms with E-state index in [-0.39, 0.29) is 17.5 Å². The van der Waals surface area contributed by atoms with E-state index in [1.165, 1.54) is 6.20 Å². The van der Waals surface area contributed by atoms with Crippen molar-refractivity contribution in [1.29, 1.82) is 0 Å². The van der Waals surface area contributed by atoms with Crippen molar-refractivity contribution < 1.29 is 4.92 Å². The molecule has 1 heterocycles. The first kappa shape index (κ1) is 19.5. The number of nitrogens with zero attached hydrogens (tertiary/aromatic N) is 3. The Morgan fingerprint density at radius 1 is 1.26 bits per heavy atom. The number of halogens is 1. The molecule has 8 nitrogen and oxygen atoms in total. The Hall–Kier alpha value is -2.26. The molecule has 4 N–H and O–H groups in total.